The average Bonchev–Trinajstić information content (AvgIpc) is 2.54. The molecule has 0 spiro atoms. The minimum Gasteiger partial charge on any atom is -0.480 e. The third-order valence-electron chi connectivity index (χ3n) is 3.49. The first-order chi connectivity index (χ1) is 11.4. The molecule has 1 amide bonds. The van der Waals surface area contributed by atoms with E-state index in [9.17, 15) is 14.4 Å². The number of amides is 1. The maximum absolute atomic E-state index is 12.2. The molecule has 0 radical (unpaired) electrons. The highest BCUT2D eigenvalue weighted by molar-refractivity contribution is 5.94. The SMILES string of the molecule is CC(C)[C@H](NC(=O)c1ccc(=O)n(Cc2ccccc2)n1)C(=O)O. The lowest BCUT2D eigenvalue weighted by molar-refractivity contribution is -0.140. The van der Waals surface area contributed by atoms with Crippen molar-refractivity contribution in [3.05, 3.63) is 64.1 Å². The van der Waals surface area contributed by atoms with Gasteiger partial charge in [-0.05, 0) is 17.5 Å². The molecule has 1 heterocycles. The predicted octanol–water partition coefficient (Wildman–Crippen LogP) is 1.13. The van der Waals surface area contributed by atoms with Crippen molar-refractivity contribution in [3.63, 3.8) is 0 Å². The van der Waals surface area contributed by atoms with E-state index in [1.54, 1.807) is 13.8 Å². The summed E-state index contributed by atoms with van der Waals surface area (Å²) < 4.78 is 1.18. The van der Waals surface area contributed by atoms with Gasteiger partial charge in [0.25, 0.3) is 11.5 Å². The first kappa shape index (κ1) is 17.4. The van der Waals surface area contributed by atoms with Gasteiger partial charge in [0.1, 0.15) is 11.7 Å². The molecule has 0 saturated heterocycles. The number of hydrogen-bond donors (Lipinski definition) is 2. The number of benzene rings is 1. The van der Waals surface area contributed by atoms with Crippen LogP contribution in [-0.4, -0.2) is 32.8 Å². The molecule has 1 atom stereocenters. The highest BCUT2D eigenvalue weighted by Gasteiger charge is 2.24. The van der Waals surface area contributed by atoms with Crippen molar-refractivity contribution in [1.29, 1.82) is 0 Å². The van der Waals surface area contributed by atoms with Crippen LogP contribution in [0.15, 0.2) is 47.3 Å². The summed E-state index contributed by atoms with van der Waals surface area (Å²) in [6, 6.07) is 10.8. The number of carboxylic acid groups (broad SMARTS) is 1. The molecular weight excluding hydrogens is 310 g/mol. The number of carbonyl (C=O) groups excluding carboxylic acids is 1. The third kappa shape index (κ3) is 4.28. The summed E-state index contributed by atoms with van der Waals surface area (Å²) in [5, 5.41) is 15.6. The van der Waals surface area contributed by atoms with E-state index in [1.165, 1.54) is 16.8 Å². The van der Waals surface area contributed by atoms with Crippen LogP contribution in [0.4, 0.5) is 0 Å². The summed E-state index contributed by atoms with van der Waals surface area (Å²) in [5.74, 6) is -2.02. The van der Waals surface area contributed by atoms with Crippen molar-refractivity contribution in [1.82, 2.24) is 15.1 Å². The Balaban J connectivity index is 2.22. The molecule has 0 unspecified atom stereocenters. The summed E-state index contributed by atoms with van der Waals surface area (Å²) in [7, 11) is 0. The average molecular weight is 329 g/mol. The molecule has 2 aromatic rings. The zero-order valence-electron chi connectivity index (χ0n) is 13.5. The molecule has 2 rings (SSSR count). The molecule has 0 aliphatic heterocycles. The predicted molar refractivity (Wildman–Crippen MR) is 87.8 cm³/mol. The number of aliphatic carboxylic acids is 1. The Bertz CT molecular complexity index is 784. The second-order valence-corrected chi connectivity index (χ2v) is 5.73. The zero-order valence-corrected chi connectivity index (χ0v) is 13.5. The van der Waals surface area contributed by atoms with Crippen molar-refractivity contribution < 1.29 is 14.7 Å². The monoisotopic (exact) mass is 329 g/mol. The van der Waals surface area contributed by atoms with E-state index in [1.807, 2.05) is 30.3 Å². The number of rotatable bonds is 6. The van der Waals surface area contributed by atoms with Gasteiger partial charge in [0, 0.05) is 6.07 Å². The summed E-state index contributed by atoms with van der Waals surface area (Å²) in [6.45, 7) is 3.62. The number of hydrogen-bond acceptors (Lipinski definition) is 4. The van der Waals surface area contributed by atoms with Crippen LogP contribution in [0.1, 0.15) is 29.9 Å². The third-order valence-corrected chi connectivity index (χ3v) is 3.49. The Labute approximate surface area is 138 Å². The lowest BCUT2D eigenvalue weighted by atomic mass is 10.0. The first-order valence-corrected chi connectivity index (χ1v) is 7.54. The van der Waals surface area contributed by atoms with Crippen molar-refractivity contribution in [2.45, 2.75) is 26.4 Å². The molecule has 126 valence electrons. The Kier molecular flexibility index (Phi) is 5.47. The molecule has 1 aromatic carbocycles. The topological polar surface area (TPSA) is 101 Å². The molecule has 2 N–H and O–H groups in total. The summed E-state index contributed by atoms with van der Waals surface area (Å²) in [4.78, 5) is 35.3. The lowest BCUT2D eigenvalue weighted by Crippen LogP contribution is -2.45. The largest absolute Gasteiger partial charge is 0.480 e. The fourth-order valence-corrected chi connectivity index (χ4v) is 2.17. The van der Waals surface area contributed by atoms with E-state index < -0.39 is 17.9 Å². The zero-order chi connectivity index (χ0) is 17.7. The van der Waals surface area contributed by atoms with E-state index in [-0.39, 0.29) is 23.7 Å². The number of aromatic nitrogens is 2. The highest BCUT2D eigenvalue weighted by Crippen LogP contribution is 2.04. The standard InChI is InChI=1S/C17H19N3O4/c1-11(2)15(17(23)24)18-16(22)13-8-9-14(21)20(19-13)10-12-6-4-3-5-7-12/h3-9,11,15H,10H2,1-2H3,(H,18,22)(H,23,24)/t15-/m0/s1. The van der Waals surface area contributed by atoms with E-state index in [0.717, 1.165) is 5.56 Å². The first-order valence-electron chi connectivity index (χ1n) is 7.54. The molecule has 0 aliphatic rings. The van der Waals surface area contributed by atoms with Gasteiger partial charge in [0.2, 0.25) is 0 Å². The molecular formula is C17H19N3O4. The van der Waals surface area contributed by atoms with Gasteiger partial charge in [-0.15, -0.1) is 0 Å². The van der Waals surface area contributed by atoms with E-state index in [0.29, 0.717) is 0 Å². The quantitative estimate of drug-likeness (QED) is 0.827. The van der Waals surface area contributed by atoms with E-state index in [4.69, 9.17) is 5.11 Å². The van der Waals surface area contributed by atoms with Crippen LogP contribution in [0.5, 0.6) is 0 Å². The Hall–Kier alpha value is -2.96. The van der Waals surface area contributed by atoms with Gasteiger partial charge in [0.15, 0.2) is 0 Å². The number of carbonyl (C=O) groups is 2. The molecule has 1 aromatic heterocycles. The van der Waals surface area contributed by atoms with Crippen LogP contribution >= 0.6 is 0 Å². The van der Waals surface area contributed by atoms with Crippen molar-refractivity contribution in [3.8, 4) is 0 Å². The van der Waals surface area contributed by atoms with Gasteiger partial charge >= 0.3 is 5.97 Å². The molecule has 24 heavy (non-hydrogen) atoms. The molecule has 0 bridgehead atoms. The Morgan fingerprint density at radius 1 is 1.17 bits per heavy atom. The maximum Gasteiger partial charge on any atom is 0.326 e. The van der Waals surface area contributed by atoms with Gasteiger partial charge in [-0.25, -0.2) is 9.48 Å². The summed E-state index contributed by atoms with van der Waals surface area (Å²) in [6.07, 6.45) is 0. The van der Waals surface area contributed by atoms with E-state index >= 15 is 0 Å². The van der Waals surface area contributed by atoms with Gasteiger partial charge in [-0.1, -0.05) is 44.2 Å². The molecule has 7 heteroatoms. The fourth-order valence-electron chi connectivity index (χ4n) is 2.17. The van der Waals surface area contributed by atoms with Crippen LogP contribution in [0, 0.1) is 5.92 Å². The number of nitrogens with zero attached hydrogens (tertiary/aromatic N) is 2. The number of nitrogens with one attached hydrogen (secondary N) is 1. The van der Waals surface area contributed by atoms with Gasteiger partial charge < -0.3 is 10.4 Å². The van der Waals surface area contributed by atoms with Gasteiger partial charge in [-0.2, -0.15) is 5.10 Å². The number of carboxylic acids is 1. The Morgan fingerprint density at radius 2 is 1.83 bits per heavy atom. The molecule has 0 saturated carbocycles. The van der Waals surface area contributed by atoms with Gasteiger partial charge in [-0.3, -0.25) is 9.59 Å². The van der Waals surface area contributed by atoms with Crippen LogP contribution < -0.4 is 10.9 Å². The molecule has 0 aliphatic carbocycles. The van der Waals surface area contributed by atoms with Crippen molar-refractivity contribution in [2.75, 3.05) is 0 Å². The highest BCUT2D eigenvalue weighted by atomic mass is 16.4. The molecule has 0 fully saturated rings. The van der Waals surface area contributed by atoms with Crippen LogP contribution in [-0.2, 0) is 11.3 Å². The summed E-state index contributed by atoms with van der Waals surface area (Å²) in [5.41, 5.74) is 0.529. The smallest absolute Gasteiger partial charge is 0.326 e. The van der Waals surface area contributed by atoms with Crippen molar-refractivity contribution >= 4 is 11.9 Å². The normalized spacial score (nSPS) is 12.0. The molecule has 7 nitrogen and oxygen atoms in total. The van der Waals surface area contributed by atoms with E-state index in [2.05, 4.69) is 10.4 Å². The van der Waals surface area contributed by atoms with Crippen molar-refractivity contribution in [2.24, 2.45) is 5.92 Å². The maximum atomic E-state index is 12.2. The Morgan fingerprint density at radius 3 is 2.42 bits per heavy atom. The minimum absolute atomic E-state index is 0.00238. The van der Waals surface area contributed by atoms with Gasteiger partial charge in [0.05, 0.1) is 6.54 Å². The van der Waals surface area contributed by atoms with Crippen LogP contribution in [0.2, 0.25) is 0 Å². The lowest BCUT2D eigenvalue weighted by Gasteiger charge is -2.17. The second-order valence-electron chi connectivity index (χ2n) is 5.73. The summed E-state index contributed by atoms with van der Waals surface area (Å²) >= 11 is 0. The van der Waals surface area contributed by atoms with Crippen LogP contribution in [0.25, 0.3) is 0 Å². The fraction of sp³-hybridized carbons (Fsp3) is 0.294. The second kappa shape index (κ2) is 7.54. The van der Waals surface area contributed by atoms with Crippen LogP contribution in [0.3, 0.4) is 0 Å². The minimum atomic E-state index is -1.11.